The molecular formula is C19H19FN6O. The van der Waals surface area contributed by atoms with Crippen LogP contribution < -0.4 is 16.4 Å². The van der Waals surface area contributed by atoms with Crippen molar-refractivity contribution in [2.24, 2.45) is 5.73 Å². The lowest BCUT2D eigenvalue weighted by atomic mass is 10.1. The van der Waals surface area contributed by atoms with Crippen molar-refractivity contribution >= 4 is 17.5 Å². The molecular weight excluding hydrogens is 347 g/mol. The van der Waals surface area contributed by atoms with Gasteiger partial charge >= 0.3 is 0 Å². The van der Waals surface area contributed by atoms with E-state index >= 15 is 0 Å². The number of halogens is 1. The monoisotopic (exact) mass is 366 g/mol. The average Bonchev–Trinajstić information content (AvgIpc) is 2.67. The van der Waals surface area contributed by atoms with E-state index in [-0.39, 0.29) is 11.9 Å². The Morgan fingerprint density at radius 2 is 1.96 bits per heavy atom. The summed E-state index contributed by atoms with van der Waals surface area (Å²) in [5.74, 6) is 0.122. The first-order chi connectivity index (χ1) is 13.0. The third-order valence-corrected chi connectivity index (χ3v) is 3.94. The van der Waals surface area contributed by atoms with Crippen LogP contribution in [0.5, 0.6) is 0 Å². The van der Waals surface area contributed by atoms with Gasteiger partial charge in [-0.3, -0.25) is 9.78 Å². The molecule has 0 saturated heterocycles. The second-order valence-electron chi connectivity index (χ2n) is 5.97. The van der Waals surface area contributed by atoms with Gasteiger partial charge in [0.05, 0.1) is 11.9 Å². The van der Waals surface area contributed by atoms with Crippen molar-refractivity contribution in [1.82, 2.24) is 20.3 Å². The highest BCUT2D eigenvalue weighted by atomic mass is 19.1. The van der Waals surface area contributed by atoms with Crippen molar-refractivity contribution in [2.75, 3.05) is 5.32 Å². The number of hydrogen-bond donors (Lipinski definition) is 3. The molecule has 0 aliphatic carbocycles. The molecule has 0 spiro atoms. The van der Waals surface area contributed by atoms with E-state index < -0.39 is 5.91 Å². The highest BCUT2D eigenvalue weighted by Crippen LogP contribution is 2.17. The van der Waals surface area contributed by atoms with Crippen LogP contribution in [0, 0.1) is 5.82 Å². The first-order valence-electron chi connectivity index (χ1n) is 8.34. The van der Waals surface area contributed by atoms with E-state index in [4.69, 9.17) is 5.73 Å². The van der Waals surface area contributed by atoms with Crippen molar-refractivity contribution in [3.8, 4) is 0 Å². The number of nitrogens with two attached hydrogens (primary N) is 1. The highest BCUT2D eigenvalue weighted by molar-refractivity contribution is 5.93. The number of aromatic nitrogens is 3. The zero-order chi connectivity index (χ0) is 19.2. The van der Waals surface area contributed by atoms with Gasteiger partial charge in [-0.05, 0) is 36.8 Å². The standard InChI is InChI=1S/C19H19FN6O/c1-12(13-2-4-15(20)5-3-13)24-10-16-8-14(19(21)27)9-17(25-16)26-18-11-22-6-7-23-18/h2-9,11-12,24H,10H2,1H3,(H2,21,27)(H,23,25,26). The minimum Gasteiger partial charge on any atom is -0.366 e. The Kier molecular flexibility index (Phi) is 5.68. The number of hydrogen-bond acceptors (Lipinski definition) is 6. The molecule has 0 saturated carbocycles. The normalized spacial score (nSPS) is 11.8. The summed E-state index contributed by atoms with van der Waals surface area (Å²) in [6.45, 7) is 2.36. The van der Waals surface area contributed by atoms with Gasteiger partial charge in [-0.2, -0.15) is 0 Å². The molecule has 138 valence electrons. The Morgan fingerprint density at radius 1 is 1.19 bits per heavy atom. The van der Waals surface area contributed by atoms with Crippen molar-refractivity contribution < 1.29 is 9.18 Å². The van der Waals surface area contributed by atoms with E-state index in [1.54, 1.807) is 42.9 Å². The summed E-state index contributed by atoms with van der Waals surface area (Å²) < 4.78 is 13.1. The smallest absolute Gasteiger partial charge is 0.248 e. The Hall–Kier alpha value is -3.39. The van der Waals surface area contributed by atoms with Crippen LogP contribution in [0.4, 0.5) is 16.0 Å². The van der Waals surface area contributed by atoms with E-state index in [2.05, 4.69) is 25.6 Å². The van der Waals surface area contributed by atoms with Crippen molar-refractivity contribution in [3.63, 3.8) is 0 Å². The molecule has 0 aliphatic rings. The van der Waals surface area contributed by atoms with E-state index in [0.29, 0.717) is 29.4 Å². The number of rotatable bonds is 7. The number of nitrogens with zero attached hydrogens (tertiary/aromatic N) is 3. The molecule has 2 heterocycles. The Labute approximate surface area is 155 Å². The molecule has 1 unspecified atom stereocenters. The minimum atomic E-state index is -0.549. The van der Waals surface area contributed by atoms with Crippen LogP contribution in [0.25, 0.3) is 0 Å². The molecule has 1 aromatic carbocycles. The van der Waals surface area contributed by atoms with Gasteiger partial charge in [0.2, 0.25) is 5.91 Å². The van der Waals surface area contributed by atoms with Gasteiger partial charge in [0.25, 0.3) is 0 Å². The number of benzene rings is 1. The first-order valence-corrected chi connectivity index (χ1v) is 8.34. The molecule has 2 aromatic heterocycles. The molecule has 3 rings (SSSR count). The van der Waals surface area contributed by atoms with Gasteiger partial charge in [0.1, 0.15) is 17.5 Å². The SMILES string of the molecule is CC(NCc1cc(C(N)=O)cc(Nc2cnccn2)n1)c1ccc(F)cc1. The number of carbonyl (C=O) groups excluding carboxylic acids is 1. The molecule has 27 heavy (non-hydrogen) atoms. The van der Waals surface area contributed by atoms with Crippen LogP contribution >= 0.6 is 0 Å². The summed E-state index contributed by atoms with van der Waals surface area (Å²) in [7, 11) is 0. The first kappa shape index (κ1) is 18.4. The predicted molar refractivity (Wildman–Crippen MR) is 99.7 cm³/mol. The lowest BCUT2D eigenvalue weighted by Crippen LogP contribution is -2.20. The largest absolute Gasteiger partial charge is 0.366 e. The molecule has 8 heteroatoms. The minimum absolute atomic E-state index is 0.0268. The number of primary amides is 1. The fourth-order valence-electron chi connectivity index (χ4n) is 2.51. The van der Waals surface area contributed by atoms with E-state index in [9.17, 15) is 9.18 Å². The van der Waals surface area contributed by atoms with Gasteiger partial charge < -0.3 is 16.4 Å². The zero-order valence-electron chi connectivity index (χ0n) is 14.7. The third-order valence-electron chi connectivity index (χ3n) is 3.94. The van der Waals surface area contributed by atoms with Crippen molar-refractivity contribution in [1.29, 1.82) is 0 Å². The topological polar surface area (TPSA) is 106 Å². The molecule has 0 aliphatic heterocycles. The van der Waals surface area contributed by atoms with E-state index in [1.165, 1.54) is 12.1 Å². The second-order valence-corrected chi connectivity index (χ2v) is 5.97. The van der Waals surface area contributed by atoms with E-state index in [1.807, 2.05) is 6.92 Å². The van der Waals surface area contributed by atoms with Gasteiger partial charge in [0, 0.05) is 30.5 Å². The average molecular weight is 366 g/mol. The van der Waals surface area contributed by atoms with Crippen LogP contribution in [0.3, 0.4) is 0 Å². The summed E-state index contributed by atoms with van der Waals surface area (Å²) in [6.07, 6.45) is 4.66. The molecule has 1 amide bonds. The Balaban J connectivity index is 1.75. The molecule has 3 aromatic rings. The Bertz CT molecular complexity index is 917. The molecule has 0 fully saturated rings. The lowest BCUT2D eigenvalue weighted by molar-refractivity contribution is 0.1000. The van der Waals surface area contributed by atoms with Crippen molar-refractivity contribution in [3.05, 3.63) is 77.6 Å². The van der Waals surface area contributed by atoms with Crippen LogP contribution in [-0.2, 0) is 6.54 Å². The summed E-state index contributed by atoms with van der Waals surface area (Å²) in [5.41, 5.74) is 7.34. The fourth-order valence-corrected chi connectivity index (χ4v) is 2.51. The maximum Gasteiger partial charge on any atom is 0.248 e. The molecule has 4 N–H and O–H groups in total. The summed E-state index contributed by atoms with van der Waals surface area (Å²) in [6, 6.07) is 9.45. The Morgan fingerprint density at radius 3 is 2.63 bits per heavy atom. The van der Waals surface area contributed by atoms with E-state index in [0.717, 1.165) is 5.56 Å². The van der Waals surface area contributed by atoms with Crippen LogP contribution in [0.1, 0.15) is 34.6 Å². The van der Waals surface area contributed by atoms with Crippen LogP contribution in [-0.4, -0.2) is 20.9 Å². The summed E-state index contributed by atoms with van der Waals surface area (Å²) in [4.78, 5) is 24.2. The van der Waals surface area contributed by atoms with Crippen LogP contribution in [0.2, 0.25) is 0 Å². The summed E-state index contributed by atoms with van der Waals surface area (Å²) >= 11 is 0. The third kappa shape index (κ3) is 5.05. The number of nitrogens with one attached hydrogen (secondary N) is 2. The number of amides is 1. The maximum atomic E-state index is 13.1. The second kappa shape index (κ2) is 8.33. The van der Waals surface area contributed by atoms with Gasteiger partial charge in [0.15, 0.2) is 0 Å². The highest BCUT2D eigenvalue weighted by Gasteiger charge is 2.10. The molecule has 0 bridgehead atoms. The predicted octanol–water partition coefficient (Wildman–Crippen LogP) is 2.70. The van der Waals surface area contributed by atoms with Gasteiger partial charge in [-0.25, -0.2) is 14.4 Å². The van der Waals surface area contributed by atoms with Crippen molar-refractivity contribution in [2.45, 2.75) is 19.5 Å². The quantitative estimate of drug-likeness (QED) is 0.594. The number of anilines is 2. The molecule has 0 radical (unpaired) electrons. The zero-order valence-corrected chi connectivity index (χ0v) is 14.7. The fraction of sp³-hybridized carbons (Fsp3) is 0.158. The lowest BCUT2D eigenvalue weighted by Gasteiger charge is -2.15. The van der Waals surface area contributed by atoms with Gasteiger partial charge in [-0.1, -0.05) is 12.1 Å². The number of carbonyl (C=O) groups is 1. The molecule has 1 atom stereocenters. The molecule has 7 nitrogen and oxygen atoms in total. The summed E-state index contributed by atoms with van der Waals surface area (Å²) in [5, 5.41) is 6.30. The maximum absolute atomic E-state index is 13.1. The van der Waals surface area contributed by atoms with Crippen LogP contribution in [0.15, 0.2) is 55.0 Å². The number of pyridine rings is 1. The van der Waals surface area contributed by atoms with Gasteiger partial charge in [-0.15, -0.1) is 0 Å².